The average Bonchev–Trinajstić information content (AvgIpc) is 2.96. The zero-order valence-corrected chi connectivity index (χ0v) is 16.5. The van der Waals surface area contributed by atoms with E-state index in [4.69, 9.17) is 32.7 Å². The smallest absolute Gasteiger partial charge is 0.332 e. The van der Waals surface area contributed by atoms with Crippen molar-refractivity contribution in [2.45, 2.75) is 6.42 Å². The van der Waals surface area contributed by atoms with Crippen LogP contribution in [0.4, 0.5) is 0 Å². The number of halogens is 2. The molecule has 10 heteroatoms. The Morgan fingerprint density at radius 1 is 1.00 bits per heavy atom. The average molecular weight is 413 g/mol. The zero-order valence-electron chi connectivity index (χ0n) is 15.0. The molecule has 0 amide bonds. The van der Waals surface area contributed by atoms with Gasteiger partial charge in [-0.3, -0.25) is 18.5 Å². The third-order valence-electron chi connectivity index (χ3n) is 4.11. The van der Waals surface area contributed by atoms with Crippen LogP contribution in [0.25, 0.3) is 11.2 Å². The summed E-state index contributed by atoms with van der Waals surface area (Å²) in [6.07, 6.45) is 0.569. The van der Waals surface area contributed by atoms with Crippen LogP contribution in [0.5, 0.6) is 11.8 Å². The number of benzene rings is 1. The second-order valence-electron chi connectivity index (χ2n) is 5.96. The van der Waals surface area contributed by atoms with Crippen molar-refractivity contribution in [1.82, 2.24) is 18.7 Å². The fourth-order valence-corrected chi connectivity index (χ4v) is 3.09. The highest BCUT2D eigenvalue weighted by atomic mass is 35.5. The Balaban J connectivity index is 1.67. The number of fused-ring (bicyclic) bond motifs is 1. The molecule has 0 fully saturated rings. The van der Waals surface area contributed by atoms with Crippen molar-refractivity contribution in [1.29, 1.82) is 0 Å². The lowest BCUT2D eigenvalue weighted by Crippen LogP contribution is -2.37. The molecule has 0 aliphatic rings. The van der Waals surface area contributed by atoms with E-state index in [1.165, 1.54) is 16.2 Å². The summed E-state index contributed by atoms with van der Waals surface area (Å²) in [5, 5.41) is 0.980. The molecule has 0 radical (unpaired) electrons. The fourth-order valence-electron chi connectivity index (χ4n) is 2.62. The van der Waals surface area contributed by atoms with Gasteiger partial charge >= 0.3 is 5.69 Å². The van der Waals surface area contributed by atoms with E-state index in [0.29, 0.717) is 40.9 Å². The highest BCUT2D eigenvalue weighted by Crippen LogP contribution is 2.27. The number of hydrogen-bond donors (Lipinski definition) is 0. The summed E-state index contributed by atoms with van der Waals surface area (Å²) < 4.78 is 15.1. The predicted octanol–water partition coefficient (Wildman–Crippen LogP) is 2.13. The predicted molar refractivity (Wildman–Crippen MR) is 103 cm³/mol. The van der Waals surface area contributed by atoms with Crippen molar-refractivity contribution in [3.63, 3.8) is 0 Å². The zero-order chi connectivity index (χ0) is 19.7. The molecule has 0 spiro atoms. The van der Waals surface area contributed by atoms with Crippen LogP contribution in [0, 0.1) is 0 Å². The minimum atomic E-state index is -0.439. The summed E-state index contributed by atoms with van der Waals surface area (Å²) in [6.45, 7) is 0.697. The highest BCUT2D eigenvalue weighted by molar-refractivity contribution is 6.35. The Kier molecular flexibility index (Phi) is 5.48. The van der Waals surface area contributed by atoms with Gasteiger partial charge in [-0.05, 0) is 18.2 Å². The van der Waals surface area contributed by atoms with Crippen LogP contribution in [0.1, 0.15) is 6.42 Å². The van der Waals surface area contributed by atoms with Crippen LogP contribution < -0.4 is 20.7 Å². The van der Waals surface area contributed by atoms with E-state index in [9.17, 15) is 9.59 Å². The molecule has 0 N–H and O–H groups in total. The molecular weight excluding hydrogens is 395 g/mol. The molecule has 3 aromatic rings. The first-order chi connectivity index (χ1) is 12.8. The second-order valence-corrected chi connectivity index (χ2v) is 6.80. The van der Waals surface area contributed by atoms with Gasteiger partial charge in [-0.25, -0.2) is 4.79 Å². The second kappa shape index (κ2) is 7.66. The van der Waals surface area contributed by atoms with Crippen LogP contribution in [0.3, 0.4) is 0 Å². The summed E-state index contributed by atoms with van der Waals surface area (Å²) in [6, 6.07) is 5.27. The maximum atomic E-state index is 12.3. The van der Waals surface area contributed by atoms with E-state index in [0.717, 1.165) is 4.57 Å². The van der Waals surface area contributed by atoms with Gasteiger partial charge < -0.3 is 9.47 Å². The normalized spacial score (nSPS) is 11.1. The quantitative estimate of drug-likeness (QED) is 0.579. The number of aryl methyl sites for hydroxylation is 2. The van der Waals surface area contributed by atoms with Gasteiger partial charge in [0.25, 0.3) is 11.6 Å². The van der Waals surface area contributed by atoms with Crippen molar-refractivity contribution >= 4 is 34.4 Å². The van der Waals surface area contributed by atoms with Crippen molar-refractivity contribution < 1.29 is 9.47 Å². The van der Waals surface area contributed by atoms with E-state index in [-0.39, 0.29) is 11.7 Å². The molecule has 3 rings (SSSR count). The third kappa shape index (κ3) is 3.68. The number of rotatable bonds is 6. The molecule has 1 aromatic carbocycles. The maximum Gasteiger partial charge on any atom is 0.332 e. The van der Waals surface area contributed by atoms with Gasteiger partial charge in [0.15, 0.2) is 11.2 Å². The molecule has 0 saturated carbocycles. The summed E-state index contributed by atoms with van der Waals surface area (Å²) in [4.78, 5) is 28.6. The van der Waals surface area contributed by atoms with Crippen molar-refractivity contribution in [3.05, 3.63) is 49.1 Å². The van der Waals surface area contributed by atoms with Gasteiger partial charge in [0, 0.05) is 32.6 Å². The van der Waals surface area contributed by atoms with Gasteiger partial charge in [-0.1, -0.05) is 23.2 Å². The summed E-state index contributed by atoms with van der Waals surface area (Å²) in [5.41, 5.74) is -0.271. The largest absolute Gasteiger partial charge is 0.492 e. The maximum absolute atomic E-state index is 12.3. The Bertz CT molecular complexity index is 1120. The lowest BCUT2D eigenvalue weighted by Gasteiger charge is -2.09. The summed E-state index contributed by atoms with van der Waals surface area (Å²) >= 11 is 11.9. The third-order valence-corrected chi connectivity index (χ3v) is 4.64. The molecule has 0 saturated heterocycles. The molecule has 8 nitrogen and oxygen atoms in total. The van der Waals surface area contributed by atoms with Gasteiger partial charge in [0.05, 0.1) is 18.2 Å². The van der Waals surface area contributed by atoms with Crippen LogP contribution in [0.15, 0.2) is 27.8 Å². The number of hydrogen-bond acceptors (Lipinski definition) is 5. The molecule has 0 atom stereocenters. The number of imidazole rings is 1. The van der Waals surface area contributed by atoms with Gasteiger partial charge in [0.2, 0.25) is 0 Å². The number of ether oxygens (including phenoxy) is 2. The van der Waals surface area contributed by atoms with Crippen LogP contribution in [-0.2, 0) is 21.1 Å². The SMILES string of the molecule is Cn1c(=O)c2c(nc(OCCCOc3ccc(Cl)cc3Cl)n2C)n(C)c1=O. The van der Waals surface area contributed by atoms with Gasteiger partial charge in [-0.15, -0.1) is 0 Å². The highest BCUT2D eigenvalue weighted by Gasteiger charge is 2.17. The Labute approximate surface area is 164 Å². The molecule has 0 aliphatic heterocycles. The minimum Gasteiger partial charge on any atom is -0.492 e. The standard InChI is InChI=1S/C17H18Cl2N4O4/c1-21-13-14(22(2)17(25)23(3)15(13)24)20-16(21)27-8-4-7-26-12-6-5-10(18)9-11(12)19/h5-6,9H,4,7-8H2,1-3H3. The van der Waals surface area contributed by atoms with E-state index >= 15 is 0 Å². The molecule has 0 aliphatic carbocycles. The minimum absolute atomic E-state index is 0.257. The van der Waals surface area contributed by atoms with Crippen molar-refractivity contribution in [2.75, 3.05) is 13.2 Å². The van der Waals surface area contributed by atoms with Crippen LogP contribution >= 0.6 is 23.2 Å². The Hall–Kier alpha value is -2.45. The lowest BCUT2D eigenvalue weighted by molar-refractivity contribution is 0.232. The van der Waals surface area contributed by atoms with E-state index in [2.05, 4.69) is 4.98 Å². The summed E-state index contributed by atoms with van der Waals surface area (Å²) in [7, 11) is 4.65. The molecule has 27 heavy (non-hydrogen) atoms. The molecule has 0 unspecified atom stereocenters. The van der Waals surface area contributed by atoms with Gasteiger partial charge in [-0.2, -0.15) is 4.98 Å². The molecule has 0 bridgehead atoms. The number of nitrogens with zero attached hydrogens (tertiary/aromatic N) is 4. The van der Waals surface area contributed by atoms with Crippen molar-refractivity contribution in [2.24, 2.45) is 21.1 Å². The first-order valence-electron chi connectivity index (χ1n) is 8.14. The van der Waals surface area contributed by atoms with Crippen molar-refractivity contribution in [3.8, 4) is 11.8 Å². The summed E-state index contributed by atoms with van der Waals surface area (Å²) in [5.74, 6) is 0.544. The van der Waals surface area contributed by atoms with Crippen LogP contribution in [0.2, 0.25) is 10.0 Å². The molecule has 2 aromatic heterocycles. The van der Waals surface area contributed by atoms with E-state index in [1.54, 1.807) is 32.3 Å². The first kappa shape index (κ1) is 19.3. The molecule has 2 heterocycles. The van der Waals surface area contributed by atoms with E-state index in [1.807, 2.05) is 0 Å². The molecule has 144 valence electrons. The lowest BCUT2D eigenvalue weighted by atomic mass is 10.3. The number of aromatic nitrogens is 4. The monoisotopic (exact) mass is 412 g/mol. The van der Waals surface area contributed by atoms with E-state index < -0.39 is 11.2 Å². The Morgan fingerprint density at radius 2 is 1.70 bits per heavy atom. The van der Waals surface area contributed by atoms with Gasteiger partial charge in [0.1, 0.15) is 5.75 Å². The fraction of sp³-hybridized carbons (Fsp3) is 0.353. The van der Waals surface area contributed by atoms with Crippen LogP contribution in [-0.4, -0.2) is 31.9 Å². The first-order valence-corrected chi connectivity index (χ1v) is 8.90. The molecular formula is C17H18Cl2N4O4. The Morgan fingerprint density at radius 3 is 2.41 bits per heavy atom. The topological polar surface area (TPSA) is 80.3 Å².